The molecule has 0 spiro atoms. The Morgan fingerprint density at radius 3 is 1.33 bits per heavy atom. The third kappa shape index (κ3) is 19.4. The summed E-state index contributed by atoms with van der Waals surface area (Å²) in [6.07, 6.45) is 12.1. The highest BCUT2D eigenvalue weighted by atomic mass is 16.7. The zero-order chi connectivity index (χ0) is 47.9. The number of carbonyl (C=O) groups excluding carboxylic acids is 4. The van der Waals surface area contributed by atoms with Crippen molar-refractivity contribution in [2.75, 3.05) is 13.2 Å². The van der Waals surface area contributed by atoms with Crippen LogP contribution in [0.1, 0.15) is 81.1 Å². The molecule has 0 aliphatic carbocycles. The van der Waals surface area contributed by atoms with Gasteiger partial charge >= 0.3 is 23.9 Å². The Labute approximate surface area is 375 Å². The average molecular weight is 899 g/mol. The number of carbonyl (C=O) groups is 4. The van der Waals surface area contributed by atoms with Crippen molar-refractivity contribution in [1.29, 1.82) is 0 Å². The fourth-order valence-electron chi connectivity index (χ4n) is 5.65. The molecule has 0 saturated carbocycles. The van der Waals surface area contributed by atoms with Gasteiger partial charge in [-0.1, -0.05) is 121 Å². The summed E-state index contributed by atoms with van der Waals surface area (Å²) in [5.41, 5.74) is 4.46. The molecule has 64 heavy (non-hydrogen) atoms. The van der Waals surface area contributed by atoms with Crippen LogP contribution in [0.3, 0.4) is 0 Å². The van der Waals surface area contributed by atoms with E-state index in [4.69, 9.17) is 28.4 Å². The van der Waals surface area contributed by atoms with Crippen molar-refractivity contribution < 1.29 is 78.2 Å². The molecule has 0 aromatic rings. The first kappa shape index (κ1) is 55.1. The fourth-order valence-corrected chi connectivity index (χ4v) is 5.65. The number of allylic oxidation sites excluding steroid dienone is 18. The SMILES string of the molecule is CCC(=O)OC[C@H]1O[C@@H](OC(=O)/C(C)=C/C=C/C(C)=C/C=C/C(C)=C/C=C/C=C(C)/C=C/C=C(\C)CC/C=C(\C)C(=O)O[C@@H]2O[C@H](COC(=O)CC)[C@@H](O)[C@H](O)[C@H]2O)[C@H](O)[C@@H](O)[C@@H]1O. The van der Waals surface area contributed by atoms with E-state index in [0.29, 0.717) is 12.8 Å². The lowest BCUT2D eigenvalue weighted by Crippen LogP contribution is -2.59. The number of aliphatic hydroxyl groups excluding tert-OH is 6. The molecule has 0 unspecified atom stereocenters. The van der Waals surface area contributed by atoms with Gasteiger partial charge in [0.15, 0.2) is 0 Å². The molecule has 2 aliphatic rings. The zero-order valence-corrected chi connectivity index (χ0v) is 37.9. The van der Waals surface area contributed by atoms with Gasteiger partial charge in [0.25, 0.3) is 0 Å². The minimum atomic E-state index is -1.71. The molecular formula is C48H66O16. The van der Waals surface area contributed by atoms with Gasteiger partial charge in [-0.15, -0.1) is 0 Å². The van der Waals surface area contributed by atoms with E-state index in [2.05, 4.69) is 0 Å². The third-order valence-corrected chi connectivity index (χ3v) is 9.80. The highest BCUT2D eigenvalue weighted by molar-refractivity contribution is 5.88. The van der Waals surface area contributed by atoms with Gasteiger partial charge in [-0.3, -0.25) is 9.59 Å². The minimum absolute atomic E-state index is 0.0983. The lowest BCUT2D eigenvalue weighted by molar-refractivity contribution is -0.292. The molecule has 2 saturated heterocycles. The smallest absolute Gasteiger partial charge is 0.336 e. The molecule has 2 aliphatic heterocycles. The molecule has 2 rings (SSSR count). The number of rotatable bonds is 21. The van der Waals surface area contributed by atoms with Crippen molar-refractivity contribution in [3.05, 3.63) is 119 Å². The van der Waals surface area contributed by atoms with Crippen LogP contribution >= 0.6 is 0 Å². The summed E-state index contributed by atoms with van der Waals surface area (Å²) < 4.78 is 31.3. The predicted molar refractivity (Wildman–Crippen MR) is 236 cm³/mol. The molecule has 6 N–H and O–H groups in total. The van der Waals surface area contributed by atoms with Gasteiger partial charge in [0.2, 0.25) is 12.6 Å². The van der Waals surface area contributed by atoms with Gasteiger partial charge in [-0.25, -0.2) is 9.59 Å². The van der Waals surface area contributed by atoms with E-state index in [1.165, 1.54) is 13.0 Å². The number of esters is 4. The number of hydrogen-bond donors (Lipinski definition) is 6. The maximum absolute atomic E-state index is 12.7. The van der Waals surface area contributed by atoms with E-state index >= 15 is 0 Å². The van der Waals surface area contributed by atoms with Gasteiger partial charge < -0.3 is 59.1 Å². The van der Waals surface area contributed by atoms with Crippen LogP contribution in [0.4, 0.5) is 0 Å². The maximum Gasteiger partial charge on any atom is 0.336 e. The van der Waals surface area contributed by atoms with E-state index in [-0.39, 0.29) is 37.2 Å². The first-order valence-electron chi connectivity index (χ1n) is 21.1. The van der Waals surface area contributed by atoms with E-state index in [1.807, 2.05) is 88.5 Å². The van der Waals surface area contributed by atoms with Crippen LogP contribution < -0.4 is 0 Å². The number of hydrogen-bond acceptors (Lipinski definition) is 16. The van der Waals surface area contributed by atoms with Gasteiger partial charge in [0.1, 0.15) is 62.0 Å². The Morgan fingerprint density at radius 1 is 0.500 bits per heavy atom. The topological polar surface area (TPSA) is 245 Å². The lowest BCUT2D eigenvalue weighted by atomic mass is 9.99. The van der Waals surface area contributed by atoms with Gasteiger partial charge in [0.05, 0.1) is 0 Å². The fraction of sp³-hybridized carbons (Fsp3) is 0.500. The maximum atomic E-state index is 12.7. The quantitative estimate of drug-likeness (QED) is 0.0408. The third-order valence-electron chi connectivity index (χ3n) is 9.80. The average Bonchev–Trinajstić information content (AvgIpc) is 3.26. The Hall–Kier alpha value is -5.04. The molecule has 10 atom stereocenters. The molecule has 0 amide bonds. The van der Waals surface area contributed by atoms with Crippen LogP contribution in [0.15, 0.2) is 119 Å². The van der Waals surface area contributed by atoms with Crippen LogP contribution in [0.2, 0.25) is 0 Å². The van der Waals surface area contributed by atoms with Crippen LogP contribution in [0.25, 0.3) is 0 Å². The van der Waals surface area contributed by atoms with E-state index < -0.39 is 85.3 Å². The van der Waals surface area contributed by atoms with Gasteiger partial charge in [-0.2, -0.15) is 0 Å². The van der Waals surface area contributed by atoms with Crippen LogP contribution in [-0.4, -0.2) is 129 Å². The molecule has 2 heterocycles. The summed E-state index contributed by atoms with van der Waals surface area (Å²) in [5, 5.41) is 61.3. The van der Waals surface area contributed by atoms with E-state index in [9.17, 15) is 49.8 Å². The van der Waals surface area contributed by atoms with Crippen molar-refractivity contribution in [2.24, 2.45) is 0 Å². The summed E-state index contributed by atoms with van der Waals surface area (Å²) in [6.45, 7) is 13.3. The first-order chi connectivity index (χ1) is 30.3. The molecular weight excluding hydrogens is 833 g/mol. The molecule has 0 bridgehead atoms. The highest BCUT2D eigenvalue weighted by Gasteiger charge is 2.47. The largest absolute Gasteiger partial charge is 0.463 e. The summed E-state index contributed by atoms with van der Waals surface area (Å²) in [6, 6.07) is 0. The van der Waals surface area contributed by atoms with Crippen molar-refractivity contribution in [1.82, 2.24) is 0 Å². The molecule has 16 heteroatoms. The normalized spacial score (nSPS) is 28.0. The zero-order valence-electron chi connectivity index (χ0n) is 37.9. The van der Waals surface area contributed by atoms with Crippen LogP contribution in [-0.2, 0) is 47.6 Å². The van der Waals surface area contributed by atoms with Crippen LogP contribution in [0, 0.1) is 0 Å². The van der Waals surface area contributed by atoms with Crippen molar-refractivity contribution >= 4 is 23.9 Å². The second-order valence-corrected chi connectivity index (χ2v) is 15.4. The Balaban J connectivity index is 1.81. The molecule has 0 aromatic carbocycles. The Kier molecular flexibility index (Phi) is 24.7. The standard InChI is InChI=1S/C48H66O16/c1-9-37(49)59-27-35-39(51)41(53)43(55)47(61-35)63-45(57)33(7)25-15-23-31(5)21-13-19-29(3)17-11-12-18-30(4)20-14-22-32(6)24-16-26-34(8)46(58)64-48-44(56)42(54)40(52)36(62-48)28-60-38(50)10-2/h11-15,17-23,25-26,35-36,39-44,47-48,51-56H,9-10,16,24,27-28H2,1-8H3/b12-11+,19-13+,20-14+,23-15+,29-17+,30-18+,31-21+,32-22+,33-25+,34-26+/t35-,36-,39-,40-,41+,42+,43-,44-,47+,48+/m1/s1. The molecule has 0 radical (unpaired) electrons. The lowest BCUT2D eigenvalue weighted by Gasteiger charge is -2.39. The Bertz CT molecular complexity index is 1880. The summed E-state index contributed by atoms with van der Waals surface area (Å²) >= 11 is 0. The number of aliphatic hydroxyl groups is 6. The second kappa shape index (κ2) is 28.7. The Morgan fingerprint density at radius 2 is 0.891 bits per heavy atom. The van der Waals surface area contributed by atoms with Crippen molar-refractivity contribution in [2.45, 2.75) is 142 Å². The van der Waals surface area contributed by atoms with Gasteiger partial charge in [-0.05, 0) is 54.4 Å². The van der Waals surface area contributed by atoms with Gasteiger partial charge in [0, 0.05) is 24.0 Å². The van der Waals surface area contributed by atoms with Crippen molar-refractivity contribution in [3.8, 4) is 0 Å². The predicted octanol–water partition coefficient (Wildman–Crippen LogP) is 4.28. The molecule has 16 nitrogen and oxygen atoms in total. The summed E-state index contributed by atoms with van der Waals surface area (Å²) in [7, 11) is 0. The molecule has 0 aromatic heterocycles. The highest BCUT2D eigenvalue weighted by Crippen LogP contribution is 2.25. The summed E-state index contributed by atoms with van der Waals surface area (Å²) in [5.74, 6) is -2.65. The number of ether oxygens (including phenoxy) is 6. The minimum Gasteiger partial charge on any atom is -0.463 e. The van der Waals surface area contributed by atoms with Crippen LogP contribution in [0.5, 0.6) is 0 Å². The van der Waals surface area contributed by atoms with E-state index in [0.717, 1.165) is 22.3 Å². The summed E-state index contributed by atoms with van der Waals surface area (Å²) in [4.78, 5) is 48.3. The molecule has 354 valence electrons. The first-order valence-corrected chi connectivity index (χ1v) is 21.1. The van der Waals surface area contributed by atoms with E-state index in [1.54, 1.807) is 39.0 Å². The van der Waals surface area contributed by atoms with Crippen molar-refractivity contribution in [3.63, 3.8) is 0 Å². The monoisotopic (exact) mass is 898 g/mol. The molecule has 2 fully saturated rings. The second-order valence-electron chi connectivity index (χ2n) is 15.4.